The molecule has 0 radical (unpaired) electrons. The van der Waals surface area contributed by atoms with Crippen LogP contribution in [0.1, 0.15) is 41.6 Å². The quantitative estimate of drug-likeness (QED) is 0.740. The maximum Gasteiger partial charge on any atom is 0.255 e. The van der Waals surface area contributed by atoms with E-state index >= 15 is 0 Å². The minimum Gasteiger partial charge on any atom is -0.507 e. The molecule has 1 aromatic carbocycles. The minimum absolute atomic E-state index is 0.0103. The van der Waals surface area contributed by atoms with Gasteiger partial charge in [0, 0.05) is 0 Å². The van der Waals surface area contributed by atoms with Crippen LogP contribution in [-0.4, -0.2) is 21.5 Å². The van der Waals surface area contributed by atoms with E-state index in [1.165, 1.54) is 0 Å². The number of hydrogen-bond donors (Lipinski definition) is 3. The number of thiocarbonyl (C=S) groups is 1. The van der Waals surface area contributed by atoms with Crippen molar-refractivity contribution in [3.8, 4) is 5.75 Å². The van der Waals surface area contributed by atoms with Crippen molar-refractivity contribution in [3.63, 3.8) is 0 Å². The lowest BCUT2D eigenvalue weighted by molar-refractivity contribution is 0.0921. The molecule has 0 atom stereocenters. The molecule has 0 heterocycles. The van der Waals surface area contributed by atoms with Gasteiger partial charge in [-0.2, -0.15) is 0 Å². The van der Waals surface area contributed by atoms with Gasteiger partial charge in [-0.15, -0.1) is 0 Å². The average Bonchev–Trinajstić information content (AvgIpc) is 2.82. The molecule has 1 aliphatic carbocycles. The fourth-order valence-corrected chi connectivity index (χ4v) is 2.79. The predicted octanol–water partition coefficient (Wildman–Crippen LogP) is 2.03. The summed E-state index contributed by atoms with van der Waals surface area (Å²) in [4.78, 5) is 12.6. The molecule has 0 spiro atoms. The van der Waals surface area contributed by atoms with Gasteiger partial charge in [0.25, 0.3) is 5.91 Å². The summed E-state index contributed by atoms with van der Waals surface area (Å²) in [6, 6.07) is 5.09. The molecule has 19 heavy (non-hydrogen) atoms. The van der Waals surface area contributed by atoms with E-state index in [1.807, 2.05) is 0 Å². The number of amides is 1. The summed E-state index contributed by atoms with van der Waals surface area (Å²) in [7, 11) is 0. The molecule has 4 N–H and O–H groups in total. The van der Waals surface area contributed by atoms with Gasteiger partial charge < -0.3 is 16.2 Å². The summed E-state index contributed by atoms with van der Waals surface area (Å²) < 4.78 is 0. The minimum atomic E-state index is -0.595. The number of carbonyl (C=O) groups excluding carboxylic acids is 1. The smallest absolute Gasteiger partial charge is 0.255 e. The number of rotatable bonds is 3. The predicted molar refractivity (Wildman–Crippen MR) is 78.3 cm³/mol. The fraction of sp³-hybridized carbons (Fsp3) is 0.429. The van der Waals surface area contributed by atoms with E-state index < -0.39 is 5.54 Å². The highest BCUT2D eigenvalue weighted by Gasteiger charge is 2.38. The first-order valence-electron chi connectivity index (χ1n) is 6.37. The van der Waals surface area contributed by atoms with Crippen LogP contribution < -0.4 is 11.1 Å². The van der Waals surface area contributed by atoms with Gasteiger partial charge in [0.15, 0.2) is 0 Å². The van der Waals surface area contributed by atoms with Gasteiger partial charge in [0.05, 0.1) is 16.1 Å². The lowest BCUT2D eigenvalue weighted by atomic mass is 9.96. The second-order valence-corrected chi connectivity index (χ2v) is 5.52. The highest BCUT2D eigenvalue weighted by Crippen LogP contribution is 2.31. The van der Waals surface area contributed by atoms with E-state index in [0.29, 0.717) is 10.6 Å². The molecule has 5 heteroatoms. The van der Waals surface area contributed by atoms with Crippen LogP contribution in [0.15, 0.2) is 18.2 Å². The first kappa shape index (κ1) is 13.8. The van der Waals surface area contributed by atoms with Crippen molar-refractivity contribution in [1.82, 2.24) is 5.32 Å². The number of phenolic OH excluding ortho intramolecular Hbond substituents is 1. The van der Waals surface area contributed by atoms with E-state index in [4.69, 9.17) is 18.0 Å². The zero-order valence-corrected chi connectivity index (χ0v) is 11.7. The highest BCUT2D eigenvalue weighted by molar-refractivity contribution is 7.80. The van der Waals surface area contributed by atoms with Gasteiger partial charge in [0.1, 0.15) is 5.75 Å². The Hall–Kier alpha value is -1.62. The molecular weight excluding hydrogens is 260 g/mol. The SMILES string of the molecule is Cc1cccc(C(=O)NC2(C(N)=S)CCCC2)c1O. The zero-order valence-electron chi connectivity index (χ0n) is 10.9. The number of aryl methyl sites for hydroxylation is 1. The van der Waals surface area contributed by atoms with Crippen LogP contribution in [0.2, 0.25) is 0 Å². The number of aromatic hydroxyl groups is 1. The lowest BCUT2D eigenvalue weighted by Crippen LogP contribution is -2.54. The standard InChI is InChI=1S/C14H18N2O2S/c1-9-5-4-6-10(11(9)17)12(18)16-14(13(15)19)7-2-3-8-14/h4-6,17H,2-3,7-8H2,1H3,(H2,15,19)(H,16,18). The molecule has 4 nitrogen and oxygen atoms in total. The second kappa shape index (κ2) is 5.17. The van der Waals surface area contributed by atoms with Crippen LogP contribution in [-0.2, 0) is 0 Å². The molecule has 1 fully saturated rings. The van der Waals surface area contributed by atoms with E-state index in [1.54, 1.807) is 25.1 Å². The van der Waals surface area contributed by atoms with Crippen LogP contribution in [0.5, 0.6) is 5.75 Å². The Labute approximate surface area is 118 Å². The van der Waals surface area contributed by atoms with E-state index in [9.17, 15) is 9.90 Å². The number of hydrogen-bond acceptors (Lipinski definition) is 3. The maximum atomic E-state index is 12.3. The average molecular weight is 278 g/mol. The molecule has 0 saturated heterocycles. The van der Waals surface area contributed by atoms with E-state index in [-0.39, 0.29) is 17.2 Å². The number of nitrogens with two attached hydrogens (primary N) is 1. The summed E-state index contributed by atoms with van der Waals surface area (Å²) in [5, 5.41) is 12.9. The molecule has 1 aromatic rings. The summed E-state index contributed by atoms with van der Waals surface area (Å²) in [6.45, 7) is 1.75. The van der Waals surface area contributed by atoms with Crippen LogP contribution >= 0.6 is 12.2 Å². The highest BCUT2D eigenvalue weighted by atomic mass is 32.1. The molecule has 1 aliphatic rings. The van der Waals surface area contributed by atoms with Gasteiger partial charge in [-0.05, 0) is 31.4 Å². The summed E-state index contributed by atoms with van der Waals surface area (Å²) in [6.07, 6.45) is 3.52. The maximum absolute atomic E-state index is 12.3. The third-order valence-electron chi connectivity index (χ3n) is 3.76. The number of para-hydroxylation sites is 1. The van der Waals surface area contributed by atoms with Gasteiger partial charge in [0.2, 0.25) is 0 Å². The molecular formula is C14H18N2O2S. The first-order valence-corrected chi connectivity index (χ1v) is 6.78. The van der Waals surface area contributed by atoms with Crippen molar-refractivity contribution in [1.29, 1.82) is 0 Å². The van der Waals surface area contributed by atoms with Crippen molar-refractivity contribution < 1.29 is 9.90 Å². The van der Waals surface area contributed by atoms with Crippen molar-refractivity contribution >= 4 is 23.1 Å². The molecule has 0 unspecified atom stereocenters. The molecule has 102 valence electrons. The number of phenols is 1. The van der Waals surface area contributed by atoms with Gasteiger partial charge in [-0.1, -0.05) is 37.2 Å². The lowest BCUT2D eigenvalue weighted by Gasteiger charge is -2.29. The Morgan fingerprint density at radius 1 is 1.42 bits per heavy atom. The number of carbonyl (C=O) groups is 1. The fourth-order valence-electron chi connectivity index (χ4n) is 2.54. The number of nitrogens with one attached hydrogen (secondary N) is 1. The van der Waals surface area contributed by atoms with E-state index in [2.05, 4.69) is 5.32 Å². The Morgan fingerprint density at radius 3 is 2.63 bits per heavy atom. The molecule has 1 saturated carbocycles. The Balaban J connectivity index is 2.25. The zero-order chi connectivity index (χ0) is 14.0. The van der Waals surface area contributed by atoms with Gasteiger partial charge in [-0.25, -0.2) is 0 Å². The summed E-state index contributed by atoms with van der Waals surface area (Å²) in [5.74, 6) is -0.313. The van der Waals surface area contributed by atoms with Crippen LogP contribution in [0, 0.1) is 6.92 Å². The van der Waals surface area contributed by atoms with Crippen molar-refractivity contribution in [2.24, 2.45) is 5.73 Å². The van der Waals surface area contributed by atoms with Crippen molar-refractivity contribution in [2.45, 2.75) is 38.1 Å². The third kappa shape index (κ3) is 2.56. The normalized spacial score (nSPS) is 17.1. The molecule has 0 bridgehead atoms. The largest absolute Gasteiger partial charge is 0.507 e. The van der Waals surface area contributed by atoms with E-state index in [0.717, 1.165) is 25.7 Å². The second-order valence-electron chi connectivity index (χ2n) is 5.08. The summed E-state index contributed by atoms with van der Waals surface area (Å²) in [5.41, 5.74) is 6.12. The summed E-state index contributed by atoms with van der Waals surface area (Å²) >= 11 is 5.10. The van der Waals surface area contributed by atoms with Crippen LogP contribution in [0.25, 0.3) is 0 Å². The Bertz CT molecular complexity index is 522. The van der Waals surface area contributed by atoms with Crippen molar-refractivity contribution in [2.75, 3.05) is 0 Å². The third-order valence-corrected chi connectivity index (χ3v) is 4.15. The van der Waals surface area contributed by atoms with Gasteiger partial charge >= 0.3 is 0 Å². The molecule has 0 aliphatic heterocycles. The molecule has 2 rings (SSSR count). The first-order chi connectivity index (χ1) is 8.96. The topological polar surface area (TPSA) is 75.4 Å². The Morgan fingerprint density at radius 2 is 2.05 bits per heavy atom. The monoisotopic (exact) mass is 278 g/mol. The van der Waals surface area contributed by atoms with Gasteiger partial charge in [-0.3, -0.25) is 4.79 Å². The molecule has 0 aromatic heterocycles. The Kier molecular flexibility index (Phi) is 3.75. The molecule has 1 amide bonds. The van der Waals surface area contributed by atoms with Crippen LogP contribution in [0.4, 0.5) is 0 Å². The van der Waals surface area contributed by atoms with Crippen molar-refractivity contribution in [3.05, 3.63) is 29.3 Å². The van der Waals surface area contributed by atoms with Crippen LogP contribution in [0.3, 0.4) is 0 Å². The number of benzene rings is 1.